The molecule has 0 atom stereocenters. The molecule has 10 aromatic carbocycles. The van der Waals surface area contributed by atoms with Gasteiger partial charge in [0.25, 0.3) is 52.1 Å². The molecular weight excluding hydrogens is 1420 g/mol. The molecule has 114 heavy (non-hydrogen) atoms. The van der Waals surface area contributed by atoms with E-state index < -0.39 is 0 Å². The number of unbranched alkanes of at least 4 members (excludes halogenated alkanes) is 27. The molecule has 0 saturated carbocycles. The molecule has 19 rings (SSSR count). The Morgan fingerprint density at radius 2 is 0.421 bits per heavy atom. The molecule has 9 heterocycles. The van der Waals surface area contributed by atoms with Gasteiger partial charge in [-0.15, -0.1) is 0 Å². The van der Waals surface area contributed by atoms with E-state index in [4.69, 9.17) is 15.0 Å². The molecule has 6 aromatic heterocycles. The first-order chi connectivity index (χ1) is 55.8. The zero-order valence-corrected chi connectivity index (χ0v) is 65.4. The highest BCUT2D eigenvalue weighted by atomic mass is 16.2. The maximum absolute atomic E-state index is 15.6. The number of benzene rings is 10. The van der Waals surface area contributed by atoms with Crippen molar-refractivity contribution in [1.82, 2.24) is 42.9 Å². The van der Waals surface area contributed by atoms with Crippen molar-refractivity contribution in [2.24, 2.45) is 0 Å². The Morgan fingerprint density at radius 3 is 0.649 bits per heavy atom. The van der Waals surface area contributed by atoms with Crippen molar-refractivity contribution >= 4 is 182 Å². The summed E-state index contributed by atoms with van der Waals surface area (Å²) in [5.41, 5.74) is 5.00. The van der Waals surface area contributed by atoms with Crippen molar-refractivity contribution in [2.75, 3.05) is 19.6 Å². The second-order valence-electron chi connectivity index (χ2n) is 32.9. The van der Waals surface area contributed by atoms with E-state index in [9.17, 15) is 28.8 Å². The van der Waals surface area contributed by atoms with Gasteiger partial charge in [-0.2, -0.15) is 0 Å². The van der Waals surface area contributed by atoms with Crippen LogP contribution in [0.3, 0.4) is 0 Å². The predicted molar refractivity (Wildman–Crippen MR) is 457 cm³/mol. The highest BCUT2D eigenvalue weighted by Crippen LogP contribution is 2.46. The van der Waals surface area contributed by atoms with Crippen LogP contribution in [0.2, 0.25) is 0 Å². The third-order valence-corrected chi connectivity index (χ3v) is 25.8. The van der Waals surface area contributed by atoms with E-state index in [0.717, 1.165) is 63.2 Å². The fourth-order valence-electron chi connectivity index (χ4n) is 19.9. The van der Waals surface area contributed by atoms with Crippen LogP contribution in [0, 0.1) is 0 Å². The molecule has 0 radical (unpaired) electrons. The van der Waals surface area contributed by atoms with Gasteiger partial charge in [-0.05, 0) is 161 Å². The lowest BCUT2D eigenvalue weighted by Crippen LogP contribution is -2.41. The number of amides is 6. The summed E-state index contributed by atoms with van der Waals surface area (Å²) >= 11 is 0. The Hall–Kier alpha value is -11.4. The van der Waals surface area contributed by atoms with Gasteiger partial charge in [-0.25, -0.2) is 15.0 Å². The van der Waals surface area contributed by atoms with Crippen LogP contribution in [-0.2, 0) is 0 Å². The van der Waals surface area contributed by atoms with E-state index in [0.29, 0.717) is 214 Å². The van der Waals surface area contributed by atoms with Crippen molar-refractivity contribution in [2.45, 2.75) is 213 Å². The van der Waals surface area contributed by atoms with Crippen LogP contribution in [0.4, 0.5) is 0 Å². The molecule has 16 aromatic rings. The number of aromatic nitrogens is 6. The normalized spacial score (nSPS) is 14.2. The van der Waals surface area contributed by atoms with Crippen LogP contribution in [0.25, 0.3) is 147 Å². The molecule has 18 heteroatoms. The Balaban J connectivity index is 0.743. The number of nitrogens with zero attached hydrogens (tertiary/aromatic N) is 9. The van der Waals surface area contributed by atoms with Gasteiger partial charge in [0, 0.05) is 118 Å². The van der Waals surface area contributed by atoms with Crippen LogP contribution in [0.1, 0.15) is 276 Å². The van der Waals surface area contributed by atoms with Gasteiger partial charge in [-0.3, -0.25) is 71.1 Å². The summed E-state index contributed by atoms with van der Waals surface area (Å²) < 4.78 is 4.84. The number of pyridine rings is 3. The first kappa shape index (κ1) is 72.8. The Morgan fingerprint density at radius 1 is 0.219 bits per heavy atom. The molecule has 0 bridgehead atoms. The highest BCUT2D eigenvalue weighted by molar-refractivity contribution is 6.36. The summed E-state index contributed by atoms with van der Waals surface area (Å²) in [5, 5.41) is 9.82. The molecule has 0 saturated heterocycles. The number of hydrogen-bond donors (Lipinski definition) is 0. The molecule has 6 amide bonds. The van der Waals surface area contributed by atoms with E-state index in [2.05, 4.69) is 20.8 Å². The van der Waals surface area contributed by atoms with Gasteiger partial charge in [0.2, 0.25) is 0 Å². The number of carbonyl (C=O) groups excluding carboxylic acids is 6. The molecule has 0 unspecified atom stereocenters. The van der Waals surface area contributed by atoms with E-state index >= 15 is 14.4 Å². The number of rotatable bonds is 33. The zero-order chi connectivity index (χ0) is 77.9. The molecule has 18 nitrogen and oxygen atoms in total. The first-order valence-electron chi connectivity index (χ1n) is 42.5. The van der Waals surface area contributed by atoms with Crippen molar-refractivity contribution in [3.8, 4) is 0 Å². The summed E-state index contributed by atoms with van der Waals surface area (Å²) in [4.78, 5) is 154. The number of imidazole rings is 3. The zero-order valence-electron chi connectivity index (χ0n) is 65.4. The van der Waals surface area contributed by atoms with Crippen LogP contribution in [-0.4, -0.2) is 97.9 Å². The molecule has 0 spiro atoms. The lowest BCUT2D eigenvalue weighted by molar-refractivity contribution is 0.0592. The predicted octanol–water partition coefficient (Wildman–Crippen LogP) is 21.4. The molecule has 0 fully saturated rings. The van der Waals surface area contributed by atoms with Gasteiger partial charge < -0.3 is 0 Å². The standard InChI is InChI=1S/C96H93N9O9/c1-4-7-10-13-16-19-22-25-28-31-46-100-88(106)58-37-34-55-79-64(43-40-61(82(58)79)91(100)109)94(112)103-76-52-70-67(49-73(76)97-85(55)103)68-50-74-77(104-86(98-74)56-35-38-59-83-62(41-44-65(80(56)83)95(104)113)92(110)101(89(59)107)47-32-29-26-23-20-17-14-11-8-5-2)53-71(68)72-54-78-75(51-69(70)72)99-87-57-36-39-60-84-63(42-45-66(81(57)84)96(114)105(78)87)93(111)102(90(60)108)48-33-30-27-24-21-18-15-12-9-6-3/h34-45,49-54H,4-33,46-48H2,1-3H3. The fourth-order valence-corrected chi connectivity index (χ4v) is 19.9. The fraction of sp³-hybridized carbons (Fsp3) is 0.375. The van der Waals surface area contributed by atoms with Crippen LogP contribution in [0.5, 0.6) is 0 Å². The largest absolute Gasteiger partial charge is 0.274 e. The molecule has 0 aliphatic carbocycles. The minimum atomic E-state index is -0.385. The first-order valence-corrected chi connectivity index (χ1v) is 42.5. The van der Waals surface area contributed by atoms with Crippen molar-refractivity contribution in [3.05, 3.63) is 174 Å². The Bertz CT molecular complexity index is 6900. The molecule has 576 valence electrons. The smallest absolute Gasteiger partial charge is 0.264 e. The quantitative estimate of drug-likeness (QED) is 0.0213. The second kappa shape index (κ2) is 29.5. The minimum Gasteiger partial charge on any atom is -0.274 e. The van der Waals surface area contributed by atoms with Gasteiger partial charge in [-0.1, -0.05) is 194 Å². The van der Waals surface area contributed by atoms with Crippen molar-refractivity contribution < 1.29 is 28.8 Å². The average molecular weight is 1520 g/mol. The van der Waals surface area contributed by atoms with Gasteiger partial charge in [0.05, 0.1) is 33.1 Å². The maximum atomic E-state index is 15.6. The van der Waals surface area contributed by atoms with E-state index in [1.165, 1.54) is 130 Å². The van der Waals surface area contributed by atoms with Crippen LogP contribution in [0.15, 0.2) is 124 Å². The topological polar surface area (TPSA) is 215 Å². The Labute approximate surface area is 657 Å². The van der Waals surface area contributed by atoms with E-state index in [1.807, 2.05) is 54.6 Å². The SMILES string of the molecule is CCCCCCCCCCCCN1C(=O)c2ccc3c(=O)n4c5cc6c(cc5nc4c4ccc(c2c34)C1=O)c1cc2nc3c4ccc5c7c(ccc(c(=O)n3c2cc1c1cc2c(cc61)nc1c3ccc6c8c(ccc(c(=O)n21)c83)C(=O)N(CCCCCCCCCCCC)C6=O)c74)C(=O)N(CCCCCCCCCCCC)C5=O. The van der Waals surface area contributed by atoms with E-state index in [1.54, 1.807) is 67.8 Å². The second-order valence-corrected chi connectivity index (χ2v) is 32.9. The number of carbonyl (C=O) groups is 6. The van der Waals surface area contributed by atoms with Gasteiger partial charge in [0.1, 0.15) is 16.9 Å². The number of fused-ring (bicyclic) bond motifs is 18. The van der Waals surface area contributed by atoms with Gasteiger partial charge in [0.15, 0.2) is 0 Å². The summed E-state index contributed by atoms with van der Waals surface area (Å²) in [7, 11) is 0. The third kappa shape index (κ3) is 11.5. The van der Waals surface area contributed by atoms with Crippen molar-refractivity contribution in [3.63, 3.8) is 0 Å². The molecule has 0 N–H and O–H groups in total. The lowest BCUT2D eigenvalue weighted by Gasteiger charge is -2.28. The maximum Gasteiger partial charge on any atom is 0.264 e. The minimum absolute atomic E-state index is 0.300. The third-order valence-electron chi connectivity index (χ3n) is 25.8. The highest BCUT2D eigenvalue weighted by Gasteiger charge is 2.39. The Kier molecular flexibility index (Phi) is 18.9. The lowest BCUT2D eigenvalue weighted by atomic mass is 9.90. The van der Waals surface area contributed by atoms with Crippen molar-refractivity contribution in [1.29, 1.82) is 0 Å². The summed E-state index contributed by atoms with van der Waals surface area (Å²) in [6.07, 6.45) is 33.6. The summed E-state index contributed by atoms with van der Waals surface area (Å²) in [6, 6.07) is 32.7. The molecule has 3 aliphatic rings. The average Bonchev–Trinajstić information content (AvgIpc) is 1.50. The van der Waals surface area contributed by atoms with Crippen LogP contribution < -0.4 is 16.7 Å². The summed E-state index contributed by atoms with van der Waals surface area (Å²) in [5.74, 6) is -2.28. The van der Waals surface area contributed by atoms with Gasteiger partial charge >= 0.3 is 0 Å². The summed E-state index contributed by atoms with van der Waals surface area (Å²) in [6.45, 7) is 7.58. The monoisotopic (exact) mass is 1520 g/mol. The van der Waals surface area contributed by atoms with E-state index in [-0.39, 0.29) is 52.1 Å². The number of hydrogen-bond acceptors (Lipinski definition) is 12. The van der Waals surface area contributed by atoms with Crippen LogP contribution >= 0.6 is 0 Å². The molecular formula is C96H93N9O9. The number of imide groups is 3. The molecule has 3 aliphatic heterocycles.